The van der Waals surface area contributed by atoms with E-state index in [1.165, 1.54) is 6.26 Å². The van der Waals surface area contributed by atoms with E-state index < -0.39 is 0 Å². The summed E-state index contributed by atoms with van der Waals surface area (Å²) in [5.41, 5.74) is 2.25. The molecule has 0 aliphatic rings. The van der Waals surface area contributed by atoms with E-state index in [0.717, 1.165) is 11.1 Å². The van der Waals surface area contributed by atoms with Gasteiger partial charge in [0.2, 0.25) is 11.2 Å². The van der Waals surface area contributed by atoms with Gasteiger partial charge in [-0.2, -0.15) is 5.26 Å². The molecule has 1 aromatic heterocycles. The number of nitriles is 1. The van der Waals surface area contributed by atoms with Crippen LogP contribution in [0.15, 0.2) is 88.3 Å². The molecular formula is C23H15NO4. The molecule has 0 amide bonds. The van der Waals surface area contributed by atoms with Crippen molar-refractivity contribution >= 4 is 11.0 Å². The van der Waals surface area contributed by atoms with Gasteiger partial charge < -0.3 is 13.9 Å². The van der Waals surface area contributed by atoms with Crippen molar-refractivity contribution in [1.29, 1.82) is 5.26 Å². The smallest absolute Gasteiger partial charge is 0.235 e. The molecular weight excluding hydrogens is 354 g/mol. The summed E-state index contributed by atoms with van der Waals surface area (Å²) in [7, 11) is 0. The fourth-order valence-electron chi connectivity index (χ4n) is 2.84. The second kappa shape index (κ2) is 7.68. The predicted molar refractivity (Wildman–Crippen MR) is 106 cm³/mol. The van der Waals surface area contributed by atoms with E-state index in [4.69, 9.17) is 19.2 Å². The average Bonchev–Trinajstić information content (AvgIpc) is 2.75. The topological polar surface area (TPSA) is 72.5 Å². The van der Waals surface area contributed by atoms with Crippen molar-refractivity contribution < 1.29 is 13.9 Å². The third-order valence-electron chi connectivity index (χ3n) is 4.21. The SMILES string of the molecule is N#CCOc1ccc2c(=O)c(Oc3ccc(-c4ccccc4)cc3)coc2c1. The lowest BCUT2D eigenvalue weighted by Gasteiger charge is -2.08. The Kier molecular flexibility index (Phi) is 4.77. The molecule has 0 radical (unpaired) electrons. The largest absolute Gasteiger partial charge is 0.479 e. The standard InChI is InChI=1S/C23H15NO4/c24-12-13-26-19-10-11-20-21(14-19)27-15-22(23(20)25)28-18-8-6-17(7-9-18)16-4-2-1-3-5-16/h1-11,14-15H,13H2. The zero-order valence-corrected chi connectivity index (χ0v) is 14.8. The number of ether oxygens (including phenoxy) is 2. The van der Waals surface area contributed by atoms with Crippen LogP contribution in [0, 0.1) is 11.3 Å². The van der Waals surface area contributed by atoms with Gasteiger partial charge in [0.05, 0.1) is 5.39 Å². The zero-order valence-electron chi connectivity index (χ0n) is 14.8. The van der Waals surface area contributed by atoms with Crippen molar-refractivity contribution in [3.8, 4) is 34.4 Å². The van der Waals surface area contributed by atoms with Crippen molar-refractivity contribution in [1.82, 2.24) is 0 Å². The molecule has 0 N–H and O–H groups in total. The van der Waals surface area contributed by atoms with Crippen molar-refractivity contribution in [2.75, 3.05) is 6.61 Å². The van der Waals surface area contributed by atoms with Crippen molar-refractivity contribution in [3.63, 3.8) is 0 Å². The van der Waals surface area contributed by atoms with Crippen LogP contribution >= 0.6 is 0 Å². The van der Waals surface area contributed by atoms with Crippen LogP contribution < -0.4 is 14.9 Å². The van der Waals surface area contributed by atoms with Crippen molar-refractivity contribution in [2.24, 2.45) is 0 Å². The molecule has 28 heavy (non-hydrogen) atoms. The number of rotatable bonds is 5. The Balaban J connectivity index is 1.58. The van der Waals surface area contributed by atoms with Crippen LogP contribution in [0.4, 0.5) is 0 Å². The van der Waals surface area contributed by atoms with Gasteiger partial charge in [-0.15, -0.1) is 0 Å². The number of benzene rings is 3. The van der Waals surface area contributed by atoms with Gasteiger partial charge in [-0.3, -0.25) is 4.79 Å². The Labute approximate surface area is 161 Å². The summed E-state index contributed by atoms with van der Waals surface area (Å²) in [6.07, 6.45) is 1.28. The van der Waals surface area contributed by atoms with E-state index in [-0.39, 0.29) is 17.8 Å². The summed E-state index contributed by atoms with van der Waals surface area (Å²) in [5.74, 6) is 1.10. The van der Waals surface area contributed by atoms with Crippen LogP contribution in [0.3, 0.4) is 0 Å². The fraction of sp³-hybridized carbons (Fsp3) is 0.0435. The number of fused-ring (bicyclic) bond motifs is 1. The average molecular weight is 369 g/mol. The van der Waals surface area contributed by atoms with Crippen LogP contribution in [0.1, 0.15) is 0 Å². The van der Waals surface area contributed by atoms with E-state index in [0.29, 0.717) is 22.5 Å². The second-order valence-corrected chi connectivity index (χ2v) is 6.03. The minimum Gasteiger partial charge on any atom is -0.479 e. The van der Waals surface area contributed by atoms with Gasteiger partial charge in [-0.1, -0.05) is 42.5 Å². The molecule has 0 unspecified atom stereocenters. The zero-order chi connectivity index (χ0) is 19.3. The van der Waals surface area contributed by atoms with E-state index in [1.54, 1.807) is 18.2 Å². The summed E-state index contributed by atoms with van der Waals surface area (Å²) in [5, 5.41) is 8.96. The van der Waals surface area contributed by atoms with Gasteiger partial charge in [0.25, 0.3) is 0 Å². The summed E-state index contributed by atoms with van der Waals surface area (Å²) in [6.45, 7) is -0.0735. The third-order valence-corrected chi connectivity index (χ3v) is 4.21. The highest BCUT2D eigenvalue weighted by molar-refractivity contribution is 5.79. The lowest BCUT2D eigenvalue weighted by molar-refractivity contribution is 0.367. The lowest BCUT2D eigenvalue weighted by atomic mass is 10.1. The van der Waals surface area contributed by atoms with Crippen molar-refractivity contribution in [2.45, 2.75) is 0 Å². The molecule has 0 fully saturated rings. The van der Waals surface area contributed by atoms with Gasteiger partial charge in [-0.25, -0.2) is 0 Å². The normalized spacial score (nSPS) is 10.4. The van der Waals surface area contributed by atoms with Gasteiger partial charge in [0.15, 0.2) is 6.61 Å². The molecule has 5 heteroatoms. The first-order valence-electron chi connectivity index (χ1n) is 8.63. The summed E-state index contributed by atoms with van der Waals surface area (Å²) < 4.78 is 16.5. The van der Waals surface area contributed by atoms with E-state index >= 15 is 0 Å². The third kappa shape index (κ3) is 3.57. The highest BCUT2D eigenvalue weighted by Crippen LogP contribution is 2.26. The first-order valence-corrected chi connectivity index (χ1v) is 8.63. The molecule has 0 saturated carbocycles. The summed E-state index contributed by atoms with van der Waals surface area (Å²) in [4.78, 5) is 12.7. The molecule has 1 heterocycles. The van der Waals surface area contributed by atoms with Crippen LogP contribution in [-0.2, 0) is 0 Å². The molecule has 0 atom stereocenters. The maximum Gasteiger partial charge on any atom is 0.235 e. The molecule has 0 aliphatic heterocycles. The molecule has 136 valence electrons. The fourth-order valence-corrected chi connectivity index (χ4v) is 2.84. The minimum atomic E-state index is -0.278. The lowest BCUT2D eigenvalue weighted by Crippen LogP contribution is -2.05. The van der Waals surface area contributed by atoms with Crippen LogP contribution in [0.25, 0.3) is 22.1 Å². The molecule has 3 aromatic carbocycles. The maximum atomic E-state index is 12.7. The van der Waals surface area contributed by atoms with Crippen molar-refractivity contribution in [3.05, 3.63) is 89.3 Å². The predicted octanol–water partition coefficient (Wildman–Crippen LogP) is 5.15. The first kappa shape index (κ1) is 17.4. The highest BCUT2D eigenvalue weighted by atomic mass is 16.5. The molecule has 4 aromatic rings. The molecule has 0 saturated heterocycles. The Morgan fingerprint density at radius 1 is 0.893 bits per heavy atom. The molecule has 0 spiro atoms. The second-order valence-electron chi connectivity index (χ2n) is 6.03. The minimum absolute atomic E-state index is 0.0735. The van der Waals surface area contributed by atoms with Gasteiger partial charge in [0, 0.05) is 6.07 Å². The number of hydrogen-bond donors (Lipinski definition) is 0. The Morgan fingerprint density at radius 2 is 1.61 bits per heavy atom. The number of hydrogen-bond acceptors (Lipinski definition) is 5. The quantitative estimate of drug-likeness (QED) is 0.486. The molecule has 0 bridgehead atoms. The van der Waals surface area contributed by atoms with E-state index in [1.807, 2.05) is 60.7 Å². The monoisotopic (exact) mass is 369 g/mol. The molecule has 0 aliphatic carbocycles. The Hall–Kier alpha value is -4.04. The maximum absolute atomic E-state index is 12.7. The van der Waals surface area contributed by atoms with Gasteiger partial charge in [0.1, 0.15) is 29.4 Å². The Morgan fingerprint density at radius 3 is 2.36 bits per heavy atom. The van der Waals surface area contributed by atoms with E-state index in [2.05, 4.69) is 0 Å². The molecule has 4 rings (SSSR count). The van der Waals surface area contributed by atoms with Gasteiger partial charge >= 0.3 is 0 Å². The van der Waals surface area contributed by atoms with E-state index in [9.17, 15) is 4.79 Å². The first-order chi connectivity index (χ1) is 13.7. The van der Waals surface area contributed by atoms with Crippen LogP contribution in [-0.4, -0.2) is 6.61 Å². The highest BCUT2D eigenvalue weighted by Gasteiger charge is 2.10. The van der Waals surface area contributed by atoms with Gasteiger partial charge in [-0.05, 0) is 35.4 Å². The summed E-state index contributed by atoms with van der Waals surface area (Å²) in [6, 6.07) is 24.2. The molecule has 5 nitrogen and oxygen atoms in total. The summed E-state index contributed by atoms with van der Waals surface area (Å²) >= 11 is 0. The Bertz CT molecular complexity index is 1210. The number of nitrogens with zero attached hydrogens (tertiary/aromatic N) is 1. The van der Waals surface area contributed by atoms with Crippen LogP contribution in [0.5, 0.6) is 17.2 Å². The van der Waals surface area contributed by atoms with Crippen LogP contribution in [0.2, 0.25) is 0 Å².